The third kappa shape index (κ3) is 2.54. The van der Waals surface area contributed by atoms with Crippen LogP contribution in [0.4, 0.5) is 0 Å². The Morgan fingerprint density at radius 1 is 1.57 bits per heavy atom. The fourth-order valence-corrected chi connectivity index (χ4v) is 1.03. The van der Waals surface area contributed by atoms with Gasteiger partial charge in [0.25, 0.3) is 0 Å². The summed E-state index contributed by atoms with van der Waals surface area (Å²) in [7, 11) is 0. The first-order valence-electron chi connectivity index (χ1n) is 4.03. The van der Waals surface area contributed by atoms with Crippen molar-refractivity contribution >= 4 is 11.9 Å². The van der Waals surface area contributed by atoms with E-state index >= 15 is 0 Å². The quantitative estimate of drug-likeness (QED) is 0.566. The van der Waals surface area contributed by atoms with Gasteiger partial charge < -0.3 is 5.11 Å². The normalized spacial score (nSPS) is 9.21. The van der Waals surface area contributed by atoms with E-state index in [4.69, 9.17) is 5.11 Å². The van der Waals surface area contributed by atoms with E-state index in [-0.39, 0.29) is 12.0 Å². The van der Waals surface area contributed by atoms with Crippen molar-refractivity contribution in [1.29, 1.82) is 0 Å². The second-order valence-electron chi connectivity index (χ2n) is 2.83. The average molecular weight is 191 g/mol. The van der Waals surface area contributed by atoms with Crippen molar-refractivity contribution in [3.8, 4) is 0 Å². The molecular weight excluding hydrogens is 182 g/mol. The van der Waals surface area contributed by atoms with Crippen molar-refractivity contribution in [2.24, 2.45) is 0 Å². The number of pyridine rings is 1. The lowest BCUT2D eigenvalue weighted by atomic mass is 10.1. The predicted molar refractivity (Wildman–Crippen MR) is 49.5 cm³/mol. The molecular formula is C10H9NO3. The number of hydrogen-bond acceptors (Lipinski definition) is 3. The number of aryl methyl sites for hydroxylation is 1. The zero-order chi connectivity index (χ0) is 10.6. The van der Waals surface area contributed by atoms with E-state index in [0.29, 0.717) is 5.69 Å². The highest BCUT2D eigenvalue weighted by atomic mass is 16.4. The maximum Gasteiger partial charge on any atom is 0.343 e. The van der Waals surface area contributed by atoms with Crippen LogP contribution in [0, 0.1) is 6.92 Å². The monoisotopic (exact) mass is 191 g/mol. The van der Waals surface area contributed by atoms with Gasteiger partial charge in [-0.2, -0.15) is 0 Å². The average Bonchev–Trinajstić information content (AvgIpc) is 2.14. The summed E-state index contributed by atoms with van der Waals surface area (Å²) in [4.78, 5) is 24.8. The molecule has 0 aliphatic heterocycles. The van der Waals surface area contributed by atoms with E-state index in [2.05, 4.69) is 4.98 Å². The molecule has 1 aromatic heterocycles. The molecule has 72 valence electrons. The van der Waals surface area contributed by atoms with Crippen LogP contribution in [0.25, 0.3) is 0 Å². The van der Waals surface area contributed by atoms with Crippen LogP contribution in [0.15, 0.2) is 23.8 Å². The fourth-order valence-electron chi connectivity index (χ4n) is 1.03. The standard InChI is InChI=1S/C10H9NO3/c1-7-3-2-4-9(11-7)5-8(6-12)10(13)14/h2-4H,5H2,1H3,(H,13,14). The number of nitrogens with zero attached hydrogens (tertiary/aromatic N) is 1. The molecule has 1 rings (SSSR count). The first kappa shape index (κ1) is 10.2. The van der Waals surface area contributed by atoms with Gasteiger partial charge in [0.15, 0.2) is 0 Å². The van der Waals surface area contributed by atoms with Crippen LogP contribution in [0.1, 0.15) is 11.4 Å². The van der Waals surface area contributed by atoms with E-state index in [1.165, 1.54) is 5.94 Å². The predicted octanol–water partition coefficient (Wildman–Crippen LogP) is 0.775. The largest absolute Gasteiger partial charge is 0.477 e. The van der Waals surface area contributed by atoms with Crippen LogP contribution in [0.5, 0.6) is 0 Å². The van der Waals surface area contributed by atoms with Crippen LogP contribution in [-0.4, -0.2) is 22.0 Å². The van der Waals surface area contributed by atoms with Crippen LogP contribution < -0.4 is 0 Å². The summed E-state index contributed by atoms with van der Waals surface area (Å²) >= 11 is 0. The Kier molecular flexibility index (Phi) is 3.15. The molecule has 0 saturated carbocycles. The molecule has 1 heterocycles. The Bertz CT molecular complexity index is 406. The van der Waals surface area contributed by atoms with Crippen LogP contribution >= 0.6 is 0 Å². The molecule has 0 aromatic carbocycles. The van der Waals surface area contributed by atoms with Gasteiger partial charge in [-0.15, -0.1) is 0 Å². The third-order valence-corrected chi connectivity index (χ3v) is 1.69. The molecule has 0 saturated heterocycles. The first-order valence-corrected chi connectivity index (χ1v) is 4.03. The fraction of sp³-hybridized carbons (Fsp3) is 0.200. The summed E-state index contributed by atoms with van der Waals surface area (Å²) in [5, 5.41) is 8.58. The number of carbonyl (C=O) groups is 1. The van der Waals surface area contributed by atoms with Crippen molar-refractivity contribution in [1.82, 2.24) is 4.98 Å². The highest BCUT2D eigenvalue weighted by Crippen LogP contribution is 2.04. The summed E-state index contributed by atoms with van der Waals surface area (Å²) < 4.78 is 0. The molecule has 1 aromatic rings. The van der Waals surface area contributed by atoms with E-state index in [1.54, 1.807) is 25.1 Å². The van der Waals surface area contributed by atoms with Gasteiger partial charge in [0.2, 0.25) is 0 Å². The molecule has 1 N–H and O–H groups in total. The zero-order valence-electron chi connectivity index (χ0n) is 7.65. The minimum absolute atomic E-state index is 0.0144. The Hall–Kier alpha value is -1.93. The lowest BCUT2D eigenvalue weighted by molar-refractivity contribution is -0.132. The molecule has 0 aliphatic carbocycles. The summed E-state index contributed by atoms with van der Waals surface area (Å²) in [5.74, 6) is 0.150. The minimum atomic E-state index is -1.25. The molecule has 14 heavy (non-hydrogen) atoms. The van der Waals surface area contributed by atoms with Crippen molar-refractivity contribution < 1.29 is 14.7 Å². The molecule has 0 bridgehead atoms. The molecule has 0 aliphatic rings. The maximum atomic E-state index is 10.5. The van der Waals surface area contributed by atoms with Crippen LogP contribution in [0.3, 0.4) is 0 Å². The van der Waals surface area contributed by atoms with Gasteiger partial charge >= 0.3 is 5.97 Å². The number of carboxylic acids is 1. The Labute approximate surface area is 80.9 Å². The summed E-state index contributed by atoms with van der Waals surface area (Å²) in [6.45, 7) is 1.80. The number of aromatic nitrogens is 1. The van der Waals surface area contributed by atoms with E-state index in [1.807, 2.05) is 0 Å². The smallest absolute Gasteiger partial charge is 0.343 e. The summed E-state index contributed by atoms with van der Waals surface area (Å²) in [6.07, 6.45) is 0.0144. The zero-order valence-corrected chi connectivity index (χ0v) is 7.65. The molecule has 0 amide bonds. The highest BCUT2D eigenvalue weighted by molar-refractivity contribution is 5.95. The summed E-state index contributed by atoms with van der Waals surface area (Å²) in [6, 6.07) is 5.24. The van der Waals surface area contributed by atoms with Crippen molar-refractivity contribution in [2.45, 2.75) is 13.3 Å². The van der Waals surface area contributed by atoms with Crippen molar-refractivity contribution in [3.05, 3.63) is 35.2 Å². The highest BCUT2D eigenvalue weighted by Gasteiger charge is 2.09. The lowest BCUT2D eigenvalue weighted by Gasteiger charge is -1.99. The van der Waals surface area contributed by atoms with Crippen LogP contribution in [0.2, 0.25) is 0 Å². The molecule has 0 spiro atoms. The van der Waals surface area contributed by atoms with Gasteiger partial charge in [0.05, 0.1) is 0 Å². The van der Waals surface area contributed by atoms with Gasteiger partial charge in [-0.1, -0.05) is 6.07 Å². The maximum absolute atomic E-state index is 10.5. The first-order chi connectivity index (χ1) is 6.63. The third-order valence-electron chi connectivity index (χ3n) is 1.69. The van der Waals surface area contributed by atoms with Gasteiger partial charge in [0, 0.05) is 17.8 Å². The number of hydrogen-bond donors (Lipinski definition) is 1. The number of rotatable bonds is 3. The van der Waals surface area contributed by atoms with Gasteiger partial charge in [-0.3, -0.25) is 4.98 Å². The summed E-state index contributed by atoms with van der Waals surface area (Å²) in [5.41, 5.74) is 1.05. The van der Waals surface area contributed by atoms with Gasteiger partial charge in [-0.05, 0) is 19.1 Å². The molecule has 4 heteroatoms. The van der Waals surface area contributed by atoms with Gasteiger partial charge in [-0.25, -0.2) is 9.59 Å². The molecule has 0 atom stereocenters. The van der Waals surface area contributed by atoms with E-state index < -0.39 is 5.97 Å². The Balaban J connectivity index is 2.88. The lowest BCUT2D eigenvalue weighted by Crippen LogP contribution is -2.06. The topological polar surface area (TPSA) is 67.3 Å². The van der Waals surface area contributed by atoms with Crippen molar-refractivity contribution in [2.75, 3.05) is 0 Å². The number of aliphatic carboxylic acids is 1. The van der Waals surface area contributed by atoms with Crippen LogP contribution in [-0.2, 0) is 16.0 Å². The minimum Gasteiger partial charge on any atom is -0.477 e. The SMILES string of the molecule is Cc1cccc(CC(=C=O)C(=O)O)n1. The molecule has 0 fully saturated rings. The van der Waals surface area contributed by atoms with E-state index in [9.17, 15) is 9.59 Å². The van der Waals surface area contributed by atoms with Crippen molar-refractivity contribution in [3.63, 3.8) is 0 Å². The molecule has 0 radical (unpaired) electrons. The Morgan fingerprint density at radius 3 is 2.79 bits per heavy atom. The number of carboxylic acid groups (broad SMARTS) is 1. The number of carbonyl (C=O) groups excluding carboxylic acids is 1. The molecule has 0 unspecified atom stereocenters. The Morgan fingerprint density at radius 2 is 2.29 bits per heavy atom. The van der Waals surface area contributed by atoms with E-state index in [0.717, 1.165) is 5.69 Å². The second-order valence-corrected chi connectivity index (χ2v) is 2.83. The molecule has 4 nitrogen and oxygen atoms in total. The second kappa shape index (κ2) is 4.35. The van der Waals surface area contributed by atoms with Gasteiger partial charge in [0.1, 0.15) is 11.5 Å².